The maximum absolute atomic E-state index is 13.6. The second-order valence-corrected chi connectivity index (χ2v) is 8.50. The van der Waals surface area contributed by atoms with E-state index in [1.54, 1.807) is 43.9 Å². The zero-order chi connectivity index (χ0) is 24.2. The number of ether oxygens (including phenoxy) is 3. The molecule has 0 bridgehead atoms. The summed E-state index contributed by atoms with van der Waals surface area (Å²) in [6, 6.07) is 14.1. The summed E-state index contributed by atoms with van der Waals surface area (Å²) in [5, 5.41) is 0. The highest BCUT2D eigenvalue weighted by molar-refractivity contribution is 7.07. The van der Waals surface area contributed by atoms with Crippen LogP contribution in [0.15, 0.2) is 82.2 Å². The number of aromatic nitrogens is 1. The molecule has 0 saturated heterocycles. The lowest BCUT2D eigenvalue weighted by Crippen LogP contribution is -2.39. The van der Waals surface area contributed by atoms with Crippen LogP contribution in [-0.2, 0) is 9.53 Å². The highest BCUT2D eigenvalue weighted by Gasteiger charge is 2.33. The normalized spacial score (nSPS) is 15.4. The van der Waals surface area contributed by atoms with E-state index in [9.17, 15) is 9.59 Å². The Bertz CT molecular complexity index is 1450. The van der Waals surface area contributed by atoms with Crippen LogP contribution < -0.4 is 24.4 Å². The molecule has 0 saturated carbocycles. The van der Waals surface area contributed by atoms with Crippen LogP contribution in [0.3, 0.4) is 0 Å². The van der Waals surface area contributed by atoms with Crippen molar-refractivity contribution in [2.45, 2.75) is 13.0 Å². The van der Waals surface area contributed by atoms with Gasteiger partial charge in [0.1, 0.15) is 18.1 Å². The molecule has 8 heteroatoms. The minimum atomic E-state index is -0.658. The van der Waals surface area contributed by atoms with E-state index in [1.165, 1.54) is 17.4 Å². The third kappa shape index (κ3) is 4.32. The molecule has 2 heterocycles. The molecule has 0 spiro atoms. The maximum Gasteiger partial charge on any atom is 0.338 e. The molecule has 0 fully saturated rings. The van der Waals surface area contributed by atoms with Crippen molar-refractivity contribution in [1.29, 1.82) is 0 Å². The highest BCUT2D eigenvalue weighted by Crippen LogP contribution is 2.30. The first kappa shape index (κ1) is 23.3. The number of allylic oxidation sites excluding steroid dienone is 1. The van der Waals surface area contributed by atoms with Crippen LogP contribution in [0, 0.1) is 0 Å². The number of hydrogen-bond acceptors (Lipinski definition) is 7. The Morgan fingerprint density at radius 1 is 1.18 bits per heavy atom. The second kappa shape index (κ2) is 9.93. The average Bonchev–Trinajstić information content (AvgIpc) is 3.16. The first-order valence-corrected chi connectivity index (χ1v) is 11.4. The predicted molar refractivity (Wildman–Crippen MR) is 131 cm³/mol. The zero-order valence-electron chi connectivity index (χ0n) is 19.1. The molecule has 0 radical (unpaired) electrons. The van der Waals surface area contributed by atoms with Gasteiger partial charge < -0.3 is 14.2 Å². The Kier molecular flexibility index (Phi) is 6.79. The van der Waals surface area contributed by atoms with Crippen molar-refractivity contribution >= 4 is 23.4 Å². The van der Waals surface area contributed by atoms with Gasteiger partial charge in [0.05, 0.1) is 36.1 Å². The van der Waals surface area contributed by atoms with Crippen LogP contribution in [0.4, 0.5) is 0 Å². The molecule has 1 aromatic heterocycles. The molecule has 1 atom stereocenters. The molecule has 0 unspecified atom stereocenters. The number of benzene rings is 2. The summed E-state index contributed by atoms with van der Waals surface area (Å²) < 4.78 is 18.1. The number of carbonyl (C=O) groups is 1. The van der Waals surface area contributed by atoms with Crippen molar-refractivity contribution in [3.8, 4) is 11.5 Å². The van der Waals surface area contributed by atoms with E-state index in [0.717, 1.165) is 11.1 Å². The van der Waals surface area contributed by atoms with Gasteiger partial charge in [0.25, 0.3) is 5.56 Å². The van der Waals surface area contributed by atoms with E-state index in [-0.39, 0.29) is 12.2 Å². The predicted octanol–water partition coefficient (Wildman–Crippen LogP) is 2.98. The summed E-state index contributed by atoms with van der Waals surface area (Å²) >= 11 is 1.26. The molecular weight excluding hydrogens is 452 g/mol. The van der Waals surface area contributed by atoms with Crippen molar-refractivity contribution in [2.24, 2.45) is 4.99 Å². The smallest absolute Gasteiger partial charge is 0.338 e. The molecule has 4 rings (SSSR count). The standard InChI is InChI=1S/C26H24N2O5S/c1-5-13-33-25(30)22-16(2)27-26-28(23(22)17-9-7-6-8-10-17)24(29)21(34-26)14-18-11-12-19(31-3)15-20(18)32-4/h5-12,14-15,23H,1,13H2,2-4H3/b21-14+/t23-/m1/s1. The molecule has 0 N–H and O–H groups in total. The highest BCUT2D eigenvalue weighted by atomic mass is 32.1. The first-order valence-electron chi connectivity index (χ1n) is 10.6. The summed E-state index contributed by atoms with van der Waals surface area (Å²) in [5.41, 5.74) is 2.10. The number of nitrogens with zero attached hydrogens (tertiary/aromatic N) is 2. The fourth-order valence-electron chi connectivity index (χ4n) is 3.82. The van der Waals surface area contributed by atoms with E-state index >= 15 is 0 Å². The number of hydrogen-bond donors (Lipinski definition) is 0. The van der Waals surface area contributed by atoms with Crippen molar-refractivity contribution in [1.82, 2.24) is 4.57 Å². The number of fused-ring (bicyclic) bond motifs is 1. The van der Waals surface area contributed by atoms with Gasteiger partial charge in [0.2, 0.25) is 0 Å². The third-order valence-electron chi connectivity index (χ3n) is 5.42. The lowest BCUT2D eigenvalue weighted by molar-refractivity contribution is -0.138. The molecule has 3 aromatic rings. The number of rotatable bonds is 7. The van der Waals surface area contributed by atoms with E-state index in [2.05, 4.69) is 11.6 Å². The van der Waals surface area contributed by atoms with Gasteiger partial charge in [-0.1, -0.05) is 54.3 Å². The Morgan fingerprint density at radius 3 is 2.62 bits per heavy atom. The van der Waals surface area contributed by atoms with Gasteiger partial charge in [-0.2, -0.15) is 0 Å². The summed E-state index contributed by atoms with van der Waals surface area (Å²) in [4.78, 5) is 31.7. The summed E-state index contributed by atoms with van der Waals surface area (Å²) in [5.74, 6) is 0.702. The van der Waals surface area contributed by atoms with Gasteiger partial charge in [-0.15, -0.1) is 0 Å². The van der Waals surface area contributed by atoms with Crippen LogP contribution in [0.25, 0.3) is 6.08 Å². The fourth-order valence-corrected chi connectivity index (χ4v) is 4.86. The summed E-state index contributed by atoms with van der Waals surface area (Å²) in [6.07, 6.45) is 3.27. The molecular formula is C26H24N2O5S. The topological polar surface area (TPSA) is 79.1 Å². The molecule has 1 aliphatic heterocycles. The quantitative estimate of drug-likeness (QED) is 0.387. The Balaban J connectivity index is 1.92. The fraction of sp³-hybridized carbons (Fsp3) is 0.192. The number of thiazole rings is 1. The number of esters is 1. The van der Waals surface area contributed by atoms with Crippen molar-refractivity contribution in [3.05, 3.63) is 103 Å². The maximum atomic E-state index is 13.6. The van der Waals surface area contributed by atoms with Crippen LogP contribution in [0.5, 0.6) is 11.5 Å². The number of carbonyl (C=O) groups excluding carboxylic acids is 1. The van der Waals surface area contributed by atoms with E-state index in [1.807, 2.05) is 36.4 Å². The Labute approximate surface area is 200 Å². The molecule has 1 aliphatic rings. The van der Waals surface area contributed by atoms with E-state index in [4.69, 9.17) is 14.2 Å². The Morgan fingerprint density at radius 2 is 1.94 bits per heavy atom. The monoisotopic (exact) mass is 476 g/mol. The molecule has 34 heavy (non-hydrogen) atoms. The van der Waals surface area contributed by atoms with Gasteiger partial charge in [0.15, 0.2) is 4.80 Å². The summed E-state index contributed by atoms with van der Waals surface area (Å²) in [7, 11) is 3.14. The van der Waals surface area contributed by atoms with E-state index < -0.39 is 12.0 Å². The molecule has 174 valence electrons. The molecule has 2 aromatic carbocycles. The molecule has 7 nitrogen and oxygen atoms in total. The van der Waals surface area contributed by atoms with Gasteiger partial charge in [-0.3, -0.25) is 9.36 Å². The first-order chi connectivity index (χ1) is 16.5. The van der Waals surface area contributed by atoms with Gasteiger partial charge >= 0.3 is 5.97 Å². The number of methoxy groups -OCH3 is 2. The van der Waals surface area contributed by atoms with Crippen LogP contribution in [0.2, 0.25) is 0 Å². The largest absolute Gasteiger partial charge is 0.497 e. The van der Waals surface area contributed by atoms with Crippen molar-refractivity contribution in [3.63, 3.8) is 0 Å². The molecule has 0 aliphatic carbocycles. The minimum Gasteiger partial charge on any atom is -0.497 e. The lowest BCUT2D eigenvalue weighted by atomic mass is 9.96. The van der Waals surface area contributed by atoms with Gasteiger partial charge in [-0.05, 0) is 30.7 Å². The SMILES string of the molecule is C=CCOC(=O)C1=C(C)N=c2s/c(=C/c3ccc(OC)cc3OC)c(=O)n2[C@@H]1c1ccccc1. The van der Waals surface area contributed by atoms with Crippen molar-refractivity contribution in [2.75, 3.05) is 20.8 Å². The Hall–Kier alpha value is -3.91. The van der Waals surface area contributed by atoms with Crippen LogP contribution in [0.1, 0.15) is 24.1 Å². The lowest BCUT2D eigenvalue weighted by Gasteiger charge is -2.24. The van der Waals surface area contributed by atoms with Crippen LogP contribution in [-0.4, -0.2) is 31.4 Å². The minimum absolute atomic E-state index is 0.0683. The van der Waals surface area contributed by atoms with Crippen LogP contribution >= 0.6 is 11.3 Å². The van der Waals surface area contributed by atoms with Crippen molar-refractivity contribution < 1.29 is 19.0 Å². The average molecular weight is 477 g/mol. The second-order valence-electron chi connectivity index (χ2n) is 7.49. The van der Waals surface area contributed by atoms with E-state index in [0.29, 0.717) is 32.1 Å². The van der Waals surface area contributed by atoms with Gasteiger partial charge in [-0.25, -0.2) is 9.79 Å². The third-order valence-corrected chi connectivity index (χ3v) is 6.40. The molecule has 0 amide bonds. The summed E-state index contributed by atoms with van der Waals surface area (Å²) in [6.45, 7) is 5.42. The van der Waals surface area contributed by atoms with Gasteiger partial charge in [0, 0.05) is 11.6 Å². The zero-order valence-corrected chi connectivity index (χ0v) is 19.9.